The van der Waals surface area contributed by atoms with Gasteiger partial charge in [-0.3, -0.25) is 9.36 Å². The Morgan fingerprint density at radius 3 is 2.63 bits per heavy atom. The SMILES string of the molecule is O=C(Nc1ccc(C(F)(F)F)nc1)c1cc(C2CCOCC2)nc(-n2ccnc2)n1. The summed E-state index contributed by atoms with van der Waals surface area (Å²) in [6, 6.07) is 3.55. The zero-order valence-electron chi connectivity index (χ0n) is 15.6. The highest BCUT2D eigenvalue weighted by molar-refractivity contribution is 6.02. The summed E-state index contributed by atoms with van der Waals surface area (Å²) in [4.78, 5) is 28.9. The highest BCUT2D eigenvalue weighted by atomic mass is 19.4. The lowest BCUT2D eigenvalue weighted by Crippen LogP contribution is -2.20. The van der Waals surface area contributed by atoms with Crippen molar-refractivity contribution in [3.05, 3.63) is 60.2 Å². The molecule has 0 radical (unpaired) electrons. The molecule has 1 amide bonds. The molecule has 4 heterocycles. The molecule has 1 aliphatic rings. The van der Waals surface area contributed by atoms with E-state index in [1.165, 1.54) is 6.33 Å². The molecule has 1 N–H and O–H groups in total. The van der Waals surface area contributed by atoms with Gasteiger partial charge >= 0.3 is 6.18 Å². The number of ether oxygens (including phenoxy) is 1. The molecule has 156 valence electrons. The molecule has 0 bridgehead atoms. The molecule has 0 aromatic carbocycles. The average Bonchev–Trinajstić information content (AvgIpc) is 3.29. The molecule has 30 heavy (non-hydrogen) atoms. The lowest BCUT2D eigenvalue weighted by molar-refractivity contribution is -0.141. The van der Waals surface area contributed by atoms with E-state index in [1.54, 1.807) is 23.0 Å². The Hall–Kier alpha value is -3.34. The molecule has 4 rings (SSSR count). The Kier molecular flexibility index (Phi) is 5.44. The van der Waals surface area contributed by atoms with Gasteiger partial charge in [0.05, 0.1) is 17.6 Å². The lowest BCUT2D eigenvalue weighted by atomic mass is 9.96. The number of hydrogen-bond acceptors (Lipinski definition) is 6. The van der Waals surface area contributed by atoms with E-state index in [0.717, 1.165) is 31.2 Å². The van der Waals surface area contributed by atoms with Crippen molar-refractivity contribution in [1.82, 2.24) is 24.5 Å². The third-order valence-electron chi connectivity index (χ3n) is 4.65. The number of alkyl halides is 3. The molecule has 0 saturated carbocycles. The maximum Gasteiger partial charge on any atom is 0.433 e. The molecular weight excluding hydrogens is 401 g/mol. The summed E-state index contributed by atoms with van der Waals surface area (Å²) in [7, 11) is 0. The molecular formula is C19H17F3N6O2. The van der Waals surface area contributed by atoms with E-state index < -0.39 is 17.8 Å². The molecule has 0 aliphatic carbocycles. The van der Waals surface area contributed by atoms with E-state index in [4.69, 9.17) is 4.74 Å². The number of halogens is 3. The average molecular weight is 418 g/mol. The first-order valence-corrected chi connectivity index (χ1v) is 9.20. The summed E-state index contributed by atoms with van der Waals surface area (Å²) in [6.45, 7) is 1.21. The van der Waals surface area contributed by atoms with Crippen LogP contribution >= 0.6 is 0 Å². The number of hydrogen-bond donors (Lipinski definition) is 1. The minimum atomic E-state index is -4.55. The van der Waals surface area contributed by atoms with Crippen molar-refractivity contribution in [2.24, 2.45) is 0 Å². The van der Waals surface area contributed by atoms with Crippen molar-refractivity contribution in [3.63, 3.8) is 0 Å². The Morgan fingerprint density at radius 2 is 2.00 bits per heavy atom. The number of rotatable bonds is 4. The van der Waals surface area contributed by atoms with Crippen molar-refractivity contribution in [2.45, 2.75) is 24.9 Å². The van der Waals surface area contributed by atoms with Gasteiger partial charge in [0, 0.05) is 31.5 Å². The summed E-state index contributed by atoms with van der Waals surface area (Å²) >= 11 is 0. The van der Waals surface area contributed by atoms with Crippen LogP contribution in [0.25, 0.3) is 5.95 Å². The summed E-state index contributed by atoms with van der Waals surface area (Å²) in [5, 5.41) is 2.53. The van der Waals surface area contributed by atoms with E-state index in [-0.39, 0.29) is 23.2 Å². The van der Waals surface area contributed by atoms with Crippen LogP contribution in [-0.2, 0) is 10.9 Å². The third-order valence-corrected chi connectivity index (χ3v) is 4.65. The summed E-state index contributed by atoms with van der Waals surface area (Å²) in [6.07, 6.45) is 2.69. The fraction of sp³-hybridized carbons (Fsp3) is 0.316. The van der Waals surface area contributed by atoms with Gasteiger partial charge in [-0.15, -0.1) is 0 Å². The second-order valence-corrected chi connectivity index (χ2v) is 6.72. The van der Waals surface area contributed by atoms with E-state index in [2.05, 4.69) is 25.3 Å². The van der Waals surface area contributed by atoms with Crippen molar-refractivity contribution >= 4 is 11.6 Å². The van der Waals surface area contributed by atoms with Crippen LogP contribution in [0.3, 0.4) is 0 Å². The van der Waals surface area contributed by atoms with Gasteiger partial charge in [0.1, 0.15) is 17.7 Å². The largest absolute Gasteiger partial charge is 0.433 e. The zero-order valence-corrected chi connectivity index (χ0v) is 15.6. The van der Waals surface area contributed by atoms with Gasteiger partial charge in [-0.05, 0) is 31.0 Å². The second kappa shape index (κ2) is 8.19. The molecule has 1 aliphatic heterocycles. The van der Waals surface area contributed by atoms with Crippen LogP contribution in [0.4, 0.5) is 18.9 Å². The Labute approximate surface area is 169 Å². The molecule has 3 aromatic rings. The number of imidazole rings is 1. The Balaban J connectivity index is 1.61. The number of carbonyl (C=O) groups is 1. The molecule has 0 unspecified atom stereocenters. The van der Waals surface area contributed by atoms with Gasteiger partial charge < -0.3 is 10.1 Å². The van der Waals surface area contributed by atoms with Crippen LogP contribution in [-0.4, -0.2) is 43.6 Å². The number of anilines is 1. The van der Waals surface area contributed by atoms with Crippen molar-refractivity contribution in [2.75, 3.05) is 18.5 Å². The molecule has 0 spiro atoms. The fourth-order valence-corrected chi connectivity index (χ4v) is 3.10. The number of aromatic nitrogens is 5. The van der Waals surface area contributed by atoms with E-state index in [9.17, 15) is 18.0 Å². The van der Waals surface area contributed by atoms with Gasteiger partial charge in [-0.25, -0.2) is 19.9 Å². The van der Waals surface area contributed by atoms with Crippen LogP contribution in [0.2, 0.25) is 0 Å². The van der Waals surface area contributed by atoms with E-state index >= 15 is 0 Å². The molecule has 8 nitrogen and oxygen atoms in total. The number of amides is 1. The lowest BCUT2D eigenvalue weighted by Gasteiger charge is -2.22. The maximum atomic E-state index is 12.8. The number of nitrogens with zero attached hydrogens (tertiary/aromatic N) is 5. The Bertz CT molecular complexity index is 1020. The molecule has 0 atom stereocenters. The van der Waals surface area contributed by atoms with Crippen molar-refractivity contribution < 1.29 is 22.7 Å². The van der Waals surface area contributed by atoms with Gasteiger partial charge in [-0.2, -0.15) is 13.2 Å². The smallest absolute Gasteiger partial charge is 0.381 e. The predicted octanol–water partition coefficient (Wildman–Crippen LogP) is 3.22. The maximum absolute atomic E-state index is 12.8. The van der Waals surface area contributed by atoms with Crippen molar-refractivity contribution in [3.8, 4) is 5.95 Å². The summed E-state index contributed by atoms with van der Waals surface area (Å²) < 4.78 is 45.0. The van der Waals surface area contributed by atoms with Crippen LogP contribution < -0.4 is 5.32 Å². The normalized spacial score (nSPS) is 15.2. The number of nitrogens with one attached hydrogen (secondary N) is 1. The standard InChI is InChI=1S/C19H17F3N6O2/c20-19(21,22)16-2-1-13(10-24-16)25-17(29)15-9-14(12-3-7-30-8-4-12)26-18(27-15)28-6-5-23-11-28/h1-2,5-6,9-12H,3-4,7-8H2,(H,25,29). The summed E-state index contributed by atoms with van der Waals surface area (Å²) in [5.41, 5.74) is -0.113. The first-order valence-electron chi connectivity index (χ1n) is 9.20. The molecule has 1 saturated heterocycles. The minimum Gasteiger partial charge on any atom is -0.381 e. The molecule has 11 heteroatoms. The monoisotopic (exact) mass is 418 g/mol. The minimum absolute atomic E-state index is 0.0927. The van der Waals surface area contributed by atoms with E-state index in [0.29, 0.717) is 18.9 Å². The van der Waals surface area contributed by atoms with Gasteiger partial charge in [-0.1, -0.05) is 0 Å². The number of pyridine rings is 1. The quantitative estimate of drug-likeness (QED) is 0.699. The molecule has 3 aromatic heterocycles. The van der Waals surface area contributed by atoms with Gasteiger partial charge in [0.2, 0.25) is 5.95 Å². The molecule has 1 fully saturated rings. The van der Waals surface area contributed by atoms with Crippen molar-refractivity contribution in [1.29, 1.82) is 0 Å². The fourth-order valence-electron chi connectivity index (χ4n) is 3.10. The second-order valence-electron chi connectivity index (χ2n) is 6.72. The predicted molar refractivity (Wildman–Crippen MR) is 99.1 cm³/mol. The topological polar surface area (TPSA) is 94.8 Å². The Morgan fingerprint density at radius 1 is 1.20 bits per heavy atom. The first-order chi connectivity index (χ1) is 14.4. The highest BCUT2D eigenvalue weighted by Crippen LogP contribution is 2.28. The van der Waals surface area contributed by atoms with Crippen LogP contribution in [0.1, 0.15) is 40.6 Å². The van der Waals surface area contributed by atoms with Gasteiger partial charge in [0.25, 0.3) is 5.91 Å². The third kappa shape index (κ3) is 4.46. The van der Waals surface area contributed by atoms with Crippen LogP contribution in [0.5, 0.6) is 0 Å². The zero-order chi connectivity index (χ0) is 21.1. The van der Waals surface area contributed by atoms with Crippen LogP contribution in [0, 0.1) is 0 Å². The first kappa shape index (κ1) is 20.0. The van der Waals surface area contributed by atoms with E-state index in [1.807, 2.05) is 0 Å². The number of carbonyl (C=O) groups excluding carboxylic acids is 1. The summed E-state index contributed by atoms with van der Waals surface area (Å²) in [5.74, 6) is -0.177. The highest BCUT2D eigenvalue weighted by Gasteiger charge is 2.32. The van der Waals surface area contributed by atoms with Gasteiger partial charge in [0.15, 0.2) is 0 Å². The van der Waals surface area contributed by atoms with Crippen LogP contribution in [0.15, 0.2) is 43.1 Å².